The molecule has 0 bridgehead atoms. The number of sulfone groups is 1. The number of anilines is 1. The Bertz CT molecular complexity index is 893. The first-order chi connectivity index (χ1) is 11.9. The Morgan fingerprint density at radius 3 is 2.60 bits per heavy atom. The molecule has 0 aromatic heterocycles. The van der Waals surface area contributed by atoms with Gasteiger partial charge in [0, 0.05) is 10.2 Å². The smallest absolute Gasteiger partial charge is 0.193 e. The molecular formula is C18H20BrN3O2S. The fourth-order valence-electron chi connectivity index (χ4n) is 2.88. The summed E-state index contributed by atoms with van der Waals surface area (Å²) in [4.78, 5) is 4.42. The van der Waals surface area contributed by atoms with Gasteiger partial charge in [-0.1, -0.05) is 22.0 Å². The lowest BCUT2D eigenvalue weighted by Gasteiger charge is -2.08. The van der Waals surface area contributed by atoms with E-state index in [9.17, 15) is 8.42 Å². The molecule has 1 aliphatic rings. The Hall–Kier alpha value is -1.86. The monoisotopic (exact) mass is 421 g/mol. The maximum Gasteiger partial charge on any atom is 0.193 e. The van der Waals surface area contributed by atoms with Gasteiger partial charge in [-0.2, -0.15) is 0 Å². The van der Waals surface area contributed by atoms with Gasteiger partial charge in [-0.15, -0.1) is 0 Å². The molecule has 0 spiro atoms. The largest absolute Gasteiger partial charge is 0.370 e. The predicted octanol–water partition coefficient (Wildman–Crippen LogP) is 3.14. The van der Waals surface area contributed by atoms with Gasteiger partial charge in [-0.05, 0) is 66.8 Å². The summed E-state index contributed by atoms with van der Waals surface area (Å²) in [6, 6.07) is 12.7. The second-order valence-corrected chi connectivity index (χ2v) is 9.03. The lowest BCUT2D eigenvalue weighted by molar-refractivity contribution is 0.596. The number of hydrogen-bond acceptors (Lipinski definition) is 3. The van der Waals surface area contributed by atoms with Gasteiger partial charge in [0.1, 0.15) is 0 Å². The van der Waals surface area contributed by atoms with Crippen LogP contribution in [-0.2, 0) is 22.7 Å². The van der Waals surface area contributed by atoms with Crippen LogP contribution >= 0.6 is 15.9 Å². The van der Waals surface area contributed by atoms with Crippen LogP contribution in [0.15, 0.2) is 56.8 Å². The molecule has 5 nitrogen and oxygen atoms in total. The normalized spacial score (nSPS) is 14.4. The molecule has 0 radical (unpaired) electrons. The van der Waals surface area contributed by atoms with Crippen molar-refractivity contribution in [2.24, 2.45) is 10.7 Å². The van der Waals surface area contributed by atoms with Gasteiger partial charge in [0.2, 0.25) is 0 Å². The number of fused-ring (bicyclic) bond motifs is 1. The standard InChI is InChI=1S/C18H20BrN3O2S/c19-15-5-8-17(9-6-15)25(23,24)11-10-21-18(20)22-16-7-4-13-2-1-3-14(13)12-16/h4-9,12H,1-3,10-11H2,(H3,20,21,22). The highest BCUT2D eigenvalue weighted by molar-refractivity contribution is 9.10. The van der Waals surface area contributed by atoms with Crippen molar-refractivity contribution in [3.05, 3.63) is 58.1 Å². The minimum absolute atomic E-state index is 0.0821. The number of hydrogen-bond donors (Lipinski definition) is 2. The second kappa shape index (κ2) is 7.58. The maximum absolute atomic E-state index is 12.3. The molecule has 132 valence electrons. The topological polar surface area (TPSA) is 84.5 Å². The second-order valence-electron chi connectivity index (χ2n) is 6.00. The van der Waals surface area contributed by atoms with Crippen LogP contribution < -0.4 is 11.1 Å². The minimum Gasteiger partial charge on any atom is -0.370 e. The highest BCUT2D eigenvalue weighted by Gasteiger charge is 2.14. The van der Waals surface area contributed by atoms with Gasteiger partial charge in [0.25, 0.3) is 0 Å². The van der Waals surface area contributed by atoms with Crippen LogP contribution in [0.3, 0.4) is 0 Å². The molecule has 0 atom stereocenters. The lowest BCUT2D eigenvalue weighted by Crippen LogP contribution is -2.24. The van der Waals surface area contributed by atoms with Crippen molar-refractivity contribution in [2.75, 3.05) is 17.6 Å². The summed E-state index contributed by atoms with van der Waals surface area (Å²) in [7, 11) is -3.36. The number of benzene rings is 2. The molecule has 7 heteroatoms. The molecule has 0 amide bonds. The zero-order valence-corrected chi connectivity index (χ0v) is 16.1. The summed E-state index contributed by atoms with van der Waals surface area (Å²) in [5.41, 5.74) is 9.50. The van der Waals surface area contributed by atoms with E-state index in [0.29, 0.717) is 0 Å². The molecule has 2 aromatic carbocycles. The van der Waals surface area contributed by atoms with E-state index < -0.39 is 9.84 Å². The van der Waals surface area contributed by atoms with E-state index in [0.717, 1.165) is 23.0 Å². The molecule has 25 heavy (non-hydrogen) atoms. The number of aliphatic imine (C=N–C) groups is 1. The number of rotatable bonds is 5. The fraction of sp³-hybridized carbons (Fsp3) is 0.278. The fourth-order valence-corrected chi connectivity index (χ4v) is 4.27. The number of nitrogens with two attached hydrogens (primary N) is 1. The molecule has 0 fully saturated rings. The quantitative estimate of drug-likeness (QED) is 0.573. The van der Waals surface area contributed by atoms with Crippen molar-refractivity contribution in [1.82, 2.24) is 0 Å². The van der Waals surface area contributed by atoms with Crippen molar-refractivity contribution in [2.45, 2.75) is 24.2 Å². The molecular weight excluding hydrogens is 402 g/mol. The Kier molecular flexibility index (Phi) is 5.44. The zero-order valence-electron chi connectivity index (χ0n) is 13.7. The summed E-state index contributed by atoms with van der Waals surface area (Å²) in [6.07, 6.45) is 3.41. The average Bonchev–Trinajstić information content (AvgIpc) is 3.02. The van der Waals surface area contributed by atoms with Crippen LogP contribution in [0.4, 0.5) is 5.69 Å². The summed E-state index contributed by atoms with van der Waals surface area (Å²) in [5, 5.41) is 3.03. The first-order valence-corrected chi connectivity index (χ1v) is 10.6. The molecule has 0 unspecified atom stereocenters. The van der Waals surface area contributed by atoms with Gasteiger partial charge in [-0.25, -0.2) is 8.42 Å². The van der Waals surface area contributed by atoms with Crippen molar-refractivity contribution in [3.63, 3.8) is 0 Å². The summed E-state index contributed by atoms with van der Waals surface area (Å²) in [6.45, 7) is 0.113. The summed E-state index contributed by atoms with van der Waals surface area (Å²) < 4.78 is 25.4. The first kappa shape index (κ1) is 17.9. The summed E-state index contributed by atoms with van der Waals surface area (Å²) in [5.74, 6) is 0.144. The van der Waals surface area contributed by atoms with Crippen molar-refractivity contribution in [3.8, 4) is 0 Å². The van der Waals surface area contributed by atoms with E-state index in [1.165, 1.54) is 17.5 Å². The molecule has 1 aliphatic carbocycles. The van der Waals surface area contributed by atoms with Gasteiger partial charge in [0.15, 0.2) is 15.8 Å². The Morgan fingerprint density at radius 1 is 1.12 bits per heavy atom. The maximum atomic E-state index is 12.3. The number of nitrogens with zero attached hydrogens (tertiary/aromatic N) is 1. The number of nitrogens with one attached hydrogen (secondary N) is 1. The lowest BCUT2D eigenvalue weighted by atomic mass is 10.1. The SMILES string of the molecule is NC(=NCCS(=O)(=O)c1ccc(Br)cc1)Nc1ccc2c(c1)CCC2. The van der Waals surface area contributed by atoms with Gasteiger partial charge < -0.3 is 11.1 Å². The number of aryl methyl sites for hydroxylation is 2. The van der Waals surface area contributed by atoms with Crippen LogP contribution in [0.1, 0.15) is 17.5 Å². The number of guanidine groups is 1. The average molecular weight is 422 g/mol. The van der Waals surface area contributed by atoms with Crippen molar-refractivity contribution in [1.29, 1.82) is 0 Å². The summed E-state index contributed by atoms with van der Waals surface area (Å²) >= 11 is 3.29. The highest BCUT2D eigenvalue weighted by atomic mass is 79.9. The molecule has 2 aromatic rings. The Balaban J connectivity index is 1.59. The molecule has 0 saturated carbocycles. The van der Waals surface area contributed by atoms with E-state index in [1.54, 1.807) is 24.3 Å². The predicted molar refractivity (Wildman–Crippen MR) is 105 cm³/mol. The molecule has 0 saturated heterocycles. The third-order valence-corrected chi connectivity index (χ3v) is 6.42. The van der Waals surface area contributed by atoms with Crippen LogP contribution in [0.25, 0.3) is 0 Å². The van der Waals surface area contributed by atoms with E-state index in [2.05, 4.69) is 38.4 Å². The van der Waals surface area contributed by atoms with E-state index in [-0.39, 0.29) is 23.2 Å². The van der Waals surface area contributed by atoms with Crippen LogP contribution in [-0.4, -0.2) is 26.7 Å². The van der Waals surface area contributed by atoms with Gasteiger partial charge in [-0.3, -0.25) is 4.99 Å². The third-order valence-electron chi connectivity index (χ3n) is 4.19. The van der Waals surface area contributed by atoms with E-state index >= 15 is 0 Å². The van der Waals surface area contributed by atoms with Crippen molar-refractivity contribution >= 4 is 37.4 Å². The molecule has 3 N–H and O–H groups in total. The van der Waals surface area contributed by atoms with Gasteiger partial charge >= 0.3 is 0 Å². The minimum atomic E-state index is -3.36. The Morgan fingerprint density at radius 2 is 1.84 bits per heavy atom. The van der Waals surface area contributed by atoms with Gasteiger partial charge in [0.05, 0.1) is 17.2 Å². The van der Waals surface area contributed by atoms with Crippen LogP contribution in [0, 0.1) is 0 Å². The zero-order chi connectivity index (χ0) is 17.9. The molecule has 3 rings (SSSR count). The van der Waals surface area contributed by atoms with Crippen LogP contribution in [0.5, 0.6) is 0 Å². The molecule has 0 aliphatic heterocycles. The number of halogens is 1. The third kappa shape index (κ3) is 4.61. The molecule has 0 heterocycles. The van der Waals surface area contributed by atoms with Crippen molar-refractivity contribution < 1.29 is 8.42 Å². The highest BCUT2D eigenvalue weighted by Crippen LogP contribution is 2.24. The van der Waals surface area contributed by atoms with Crippen LogP contribution in [0.2, 0.25) is 0 Å². The first-order valence-electron chi connectivity index (χ1n) is 8.11. The van der Waals surface area contributed by atoms with E-state index in [4.69, 9.17) is 5.73 Å². The Labute approximate surface area is 156 Å². The van der Waals surface area contributed by atoms with E-state index in [1.807, 2.05) is 6.07 Å².